The fraction of sp³-hybridized carbons (Fsp3) is 0.647. The second-order valence-corrected chi connectivity index (χ2v) is 12.5. The molecule has 0 spiro atoms. The molecule has 1 aromatic carbocycles. The maximum Gasteiger partial charge on any atom is 0.234 e. The summed E-state index contributed by atoms with van der Waals surface area (Å²) in [4.78, 5) is 29.1. The van der Waals surface area contributed by atoms with Crippen LogP contribution in [0.3, 0.4) is 0 Å². The van der Waals surface area contributed by atoms with E-state index < -0.39 is 0 Å². The number of aromatic hydroxyl groups is 1. The van der Waals surface area contributed by atoms with E-state index in [2.05, 4.69) is 32.1 Å². The van der Waals surface area contributed by atoms with Gasteiger partial charge in [0.1, 0.15) is 5.75 Å². The van der Waals surface area contributed by atoms with E-state index in [1.807, 2.05) is 13.8 Å². The molecule has 0 aromatic heterocycles. The van der Waals surface area contributed by atoms with Gasteiger partial charge in [0.05, 0.1) is 24.5 Å². The van der Waals surface area contributed by atoms with Crippen molar-refractivity contribution in [3.63, 3.8) is 0 Å². The summed E-state index contributed by atoms with van der Waals surface area (Å²) in [7, 11) is 0. The smallest absolute Gasteiger partial charge is 0.234 e. The molecule has 2 amide bonds. The molecule has 4 aliphatic rings. The summed E-state index contributed by atoms with van der Waals surface area (Å²) < 4.78 is 6.48. The Balaban J connectivity index is 1.36. The van der Waals surface area contributed by atoms with Crippen molar-refractivity contribution in [2.45, 2.75) is 117 Å². The predicted octanol–water partition coefficient (Wildman–Crippen LogP) is 7.42. The summed E-state index contributed by atoms with van der Waals surface area (Å²) in [5.74, 6) is 0.204. The molecule has 2 saturated heterocycles. The molecule has 2 aliphatic heterocycles. The van der Waals surface area contributed by atoms with E-state index in [1.165, 1.54) is 23.1 Å². The summed E-state index contributed by atoms with van der Waals surface area (Å²) in [5, 5.41) is 10.2. The van der Waals surface area contributed by atoms with E-state index in [-0.39, 0.29) is 41.7 Å². The number of allylic oxidation sites excluding steroid dienone is 2. The lowest BCUT2D eigenvalue weighted by molar-refractivity contribution is -0.143. The number of carbonyl (C=O) groups is 2. The molecule has 1 aromatic rings. The number of hydrogen-bond acceptors (Lipinski definition) is 4. The van der Waals surface area contributed by atoms with Crippen LogP contribution in [-0.2, 0) is 14.3 Å². The first-order valence-corrected chi connectivity index (χ1v) is 15.5. The molecule has 0 radical (unpaired) electrons. The number of nitrogens with zero attached hydrogens (tertiary/aromatic N) is 1. The Hall–Kier alpha value is -2.40. The van der Waals surface area contributed by atoms with Crippen molar-refractivity contribution < 1.29 is 19.4 Å². The number of carbonyl (C=O) groups excluding carboxylic acids is 2. The molecule has 2 heterocycles. The van der Waals surface area contributed by atoms with Crippen LogP contribution in [0.2, 0.25) is 0 Å². The van der Waals surface area contributed by atoms with Gasteiger partial charge in [0, 0.05) is 12.0 Å². The number of imide groups is 1. The summed E-state index contributed by atoms with van der Waals surface area (Å²) in [5.41, 5.74) is 7.10. The molecule has 4 atom stereocenters. The monoisotopic (exact) mass is 533 g/mol. The highest BCUT2D eigenvalue weighted by molar-refractivity contribution is 6.06. The molecule has 2 aliphatic carbocycles. The van der Waals surface area contributed by atoms with Gasteiger partial charge in [0.2, 0.25) is 11.8 Å². The molecule has 3 fully saturated rings. The van der Waals surface area contributed by atoms with Gasteiger partial charge < -0.3 is 9.84 Å². The number of benzene rings is 1. The summed E-state index contributed by atoms with van der Waals surface area (Å²) in [6.45, 7) is 8.89. The number of amides is 2. The van der Waals surface area contributed by atoms with E-state index in [1.54, 1.807) is 4.90 Å². The van der Waals surface area contributed by atoms with Gasteiger partial charge in [-0.05, 0) is 93.2 Å². The minimum absolute atomic E-state index is 0.0349. The molecule has 5 heteroatoms. The van der Waals surface area contributed by atoms with E-state index in [0.717, 1.165) is 87.3 Å². The largest absolute Gasteiger partial charge is 0.507 e. The van der Waals surface area contributed by atoms with Crippen LogP contribution >= 0.6 is 0 Å². The zero-order valence-electron chi connectivity index (χ0n) is 24.4. The van der Waals surface area contributed by atoms with Gasteiger partial charge in [-0.15, -0.1) is 0 Å². The Bertz CT molecular complexity index is 1130. The van der Waals surface area contributed by atoms with Gasteiger partial charge in [0.25, 0.3) is 0 Å². The third-order valence-electron chi connectivity index (χ3n) is 9.72. The van der Waals surface area contributed by atoms with Crippen molar-refractivity contribution in [2.24, 2.45) is 17.8 Å². The van der Waals surface area contributed by atoms with E-state index in [4.69, 9.17) is 4.74 Å². The Morgan fingerprint density at radius 3 is 2.38 bits per heavy atom. The maximum absolute atomic E-state index is 13.8. The normalized spacial score (nSPS) is 27.9. The quantitative estimate of drug-likeness (QED) is 0.265. The van der Waals surface area contributed by atoms with Crippen LogP contribution in [0.15, 0.2) is 28.9 Å². The number of hydrogen-bond donors (Lipinski definition) is 1. The molecule has 1 N–H and O–H groups in total. The van der Waals surface area contributed by atoms with Gasteiger partial charge in [0.15, 0.2) is 0 Å². The summed E-state index contributed by atoms with van der Waals surface area (Å²) in [6.07, 6.45) is 14.4. The Kier molecular flexibility index (Phi) is 8.66. The molecular formula is C34H47NO4. The standard InChI is InChI=1S/C34H47NO4/c1-5-10-23(18-24-16-21(3)32(36)22(4)17-24)14-15-29-30-25(11-6-2)19-27-31(28(30)20-39-29)34(38)35(33(27)37)26-12-8-7-9-13-26/h16-18,26-29,31,36H,5-15,19-20H2,1-4H3/b23-18+/t27-,28+,29-,31-/m1/s1. The van der Waals surface area contributed by atoms with Gasteiger partial charge >= 0.3 is 0 Å². The third kappa shape index (κ3) is 5.49. The molecule has 39 heavy (non-hydrogen) atoms. The molecule has 0 unspecified atom stereocenters. The fourth-order valence-corrected chi connectivity index (χ4v) is 7.95. The minimum atomic E-state index is -0.228. The number of fused-ring (bicyclic) bond motifs is 3. The Morgan fingerprint density at radius 1 is 1.00 bits per heavy atom. The van der Waals surface area contributed by atoms with E-state index >= 15 is 0 Å². The van der Waals surface area contributed by atoms with Crippen molar-refractivity contribution in [3.05, 3.63) is 45.5 Å². The highest BCUT2D eigenvalue weighted by Gasteiger charge is 2.57. The van der Waals surface area contributed by atoms with E-state index in [9.17, 15) is 14.7 Å². The van der Waals surface area contributed by atoms with Crippen molar-refractivity contribution in [1.29, 1.82) is 0 Å². The first-order valence-electron chi connectivity index (χ1n) is 15.5. The highest BCUT2D eigenvalue weighted by atomic mass is 16.5. The molecule has 5 rings (SSSR count). The van der Waals surface area contributed by atoms with Crippen LogP contribution in [0.5, 0.6) is 5.75 Å². The fourth-order valence-electron chi connectivity index (χ4n) is 7.95. The lowest BCUT2D eigenvalue weighted by atomic mass is 9.68. The van der Waals surface area contributed by atoms with Crippen molar-refractivity contribution >= 4 is 17.9 Å². The number of aryl methyl sites for hydroxylation is 2. The molecule has 0 bridgehead atoms. The lowest BCUT2D eigenvalue weighted by Crippen LogP contribution is -2.42. The van der Waals surface area contributed by atoms with E-state index in [0.29, 0.717) is 12.4 Å². The van der Waals surface area contributed by atoms with Crippen LogP contribution in [0.4, 0.5) is 0 Å². The maximum atomic E-state index is 13.8. The second-order valence-electron chi connectivity index (χ2n) is 12.5. The molecule has 212 valence electrons. The SMILES string of the molecule is CCCC1=C2[C@@H](CC/C(=C/c3cc(C)c(O)c(C)c3)CCC)OC[C@@H]2[C@@H]2C(=O)N(C3CCCCC3)C(=O)[C@@H]2C1. The third-order valence-corrected chi connectivity index (χ3v) is 9.72. The minimum Gasteiger partial charge on any atom is -0.507 e. The second kappa shape index (κ2) is 12.0. The Labute approximate surface area is 234 Å². The van der Waals surface area contributed by atoms with Crippen LogP contribution in [0, 0.1) is 31.6 Å². The lowest BCUT2D eigenvalue weighted by Gasteiger charge is -2.32. The first-order chi connectivity index (χ1) is 18.8. The van der Waals surface area contributed by atoms with Crippen LogP contribution in [-0.4, -0.2) is 40.6 Å². The zero-order valence-corrected chi connectivity index (χ0v) is 24.4. The average Bonchev–Trinajstić information content (AvgIpc) is 3.45. The molecule has 5 nitrogen and oxygen atoms in total. The topological polar surface area (TPSA) is 66.8 Å². The number of phenolic OH excluding ortho intramolecular Hbond substituents is 1. The van der Waals surface area contributed by atoms with Gasteiger partial charge in [-0.25, -0.2) is 0 Å². The molecule has 1 saturated carbocycles. The number of phenols is 1. The van der Waals surface area contributed by atoms with Crippen LogP contribution < -0.4 is 0 Å². The number of rotatable bonds is 9. The highest BCUT2D eigenvalue weighted by Crippen LogP contribution is 2.51. The van der Waals surface area contributed by atoms with Crippen molar-refractivity contribution in [3.8, 4) is 5.75 Å². The summed E-state index contributed by atoms with van der Waals surface area (Å²) in [6, 6.07) is 4.23. The Morgan fingerprint density at radius 2 is 1.72 bits per heavy atom. The summed E-state index contributed by atoms with van der Waals surface area (Å²) >= 11 is 0. The van der Waals surface area contributed by atoms with Gasteiger partial charge in [-0.1, -0.05) is 63.2 Å². The van der Waals surface area contributed by atoms with Crippen LogP contribution in [0.1, 0.15) is 108 Å². The average molecular weight is 534 g/mol. The van der Waals surface area contributed by atoms with Crippen molar-refractivity contribution in [1.82, 2.24) is 4.90 Å². The first kappa shape index (κ1) is 28.1. The van der Waals surface area contributed by atoms with Gasteiger partial charge in [-0.3, -0.25) is 14.5 Å². The number of ether oxygens (including phenoxy) is 1. The van der Waals surface area contributed by atoms with Gasteiger partial charge in [-0.2, -0.15) is 0 Å². The number of likely N-dealkylation sites (tertiary alicyclic amines) is 1. The predicted molar refractivity (Wildman–Crippen MR) is 155 cm³/mol. The van der Waals surface area contributed by atoms with Crippen LogP contribution in [0.25, 0.3) is 6.08 Å². The zero-order chi connectivity index (χ0) is 27.7. The molecular weight excluding hydrogens is 486 g/mol. The van der Waals surface area contributed by atoms with Crippen molar-refractivity contribution in [2.75, 3.05) is 6.61 Å².